The molecule has 0 saturated carbocycles. The fraction of sp³-hybridized carbons (Fsp3) is 0.316. The summed E-state index contributed by atoms with van der Waals surface area (Å²) in [5.74, 6) is 0.506. The van der Waals surface area contributed by atoms with Crippen molar-refractivity contribution in [3.05, 3.63) is 65.0 Å². The Morgan fingerprint density at radius 1 is 1.28 bits per heavy atom. The first-order valence-corrected chi connectivity index (χ1v) is 8.11. The van der Waals surface area contributed by atoms with Crippen LogP contribution in [-0.4, -0.2) is 37.6 Å². The van der Waals surface area contributed by atoms with E-state index in [0.29, 0.717) is 24.7 Å². The zero-order chi connectivity index (χ0) is 17.6. The third-order valence-electron chi connectivity index (χ3n) is 4.08. The molecule has 0 unspecified atom stereocenters. The minimum Gasteiger partial charge on any atom is -0.481 e. The molecular formula is C19H21N3O3. The first-order valence-electron chi connectivity index (χ1n) is 8.11. The van der Waals surface area contributed by atoms with Gasteiger partial charge in [-0.3, -0.25) is 9.78 Å². The fourth-order valence-electron chi connectivity index (χ4n) is 2.87. The molecule has 1 N–H and O–H groups in total. The van der Waals surface area contributed by atoms with Crippen molar-refractivity contribution in [2.75, 3.05) is 20.8 Å². The summed E-state index contributed by atoms with van der Waals surface area (Å²) in [6.07, 6.45) is 1.93. The van der Waals surface area contributed by atoms with Crippen LogP contribution >= 0.6 is 0 Å². The van der Waals surface area contributed by atoms with E-state index in [1.54, 1.807) is 20.4 Å². The first-order chi connectivity index (χ1) is 12.2. The van der Waals surface area contributed by atoms with E-state index in [1.807, 2.05) is 36.4 Å². The maximum absolute atomic E-state index is 12.4. The highest BCUT2D eigenvalue weighted by molar-refractivity contribution is 5.97. The van der Waals surface area contributed by atoms with Crippen molar-refractivity contribution in [1.82, 2.24) is 10.3 Å². The van der Waals surface area contributed by atoms with E-state index < -0.39 is 0 Å². The Bertz CT molecular complexity index is 775. The Hall–Kier alpha value is -2.73. The summed E-state index contributed by atoms with van der Waals surface area (Å²) >= 11 is 0. The van der Waals surface area contributed by atoms with Gasteiger partial charge in [0.25, 0.3) is 0 Å². The Balaban J connectivity index is 1.66. The van der Waals surface area contributed by atoms with Gasteiger partial charge in [-0.2, -0.15) is 0 Å². The number of fused-ring (bicyclic) bond motifs is 1. The Kier molecular flexibility index (Phi) is 5.40. The van der Waals surface area contributed by atoms with Crippen molar-refractivity contribution in [2.24, 2.45) is 4.99 Å². The van der Waals surface area contributed by atoms with Crippen LogP contribution in [-0.2, 0) is 27.2 Å². The van der Waals surface area contributed by atoms with E-state index in [0.717, 1.165) is 16.7 Å². The third-order valence-corrected chi connectivity index (χ3v) is 4.08. The Labute approximate surface area is 146 Å². The molecule has 0 bridgehead atoms. The molecule has 6 nitrogen and oxygen atoms in total. The summed E-state index contributed by atoms with van der Waals surface area (Å²) in [4.78, 5) is 21.1. The zero-order valence-corrected chi connectivity index (χ0v) is 14.4. The molecule has 3 rings (SSSR count). The van der Waals surface area contributed by atoms with Gasteiger partial charge in [0, 0.05) is 13.3 Å². The van der Waals surface area contributed by atoms with Gasteiger partial charge in [-0.05, 0) is 17.2 Å². The standard InChI is InChI=1S/C19H21N3O3/c1-24-12-17(13-6-4-3-5-7-13)22-18(23)9-15-8-14-10-21-19(25-2)16(14)11-20-15/h3-8,11,17H,9-10,12H2,1-2H3,(H,22,23)/t17-/m1/s1. The summed E-state index contributed by atoms with van der Waals surface area (Å²) < 4.78 is 10.4. The second-order valence-corrected chi connectivity index (χ2v) is 5.82. The molecule has 1 aliphatic heterocycles. The van der Waals surface area contributed by atoms with E-state index in [2.05, 4.69) is 15.3 Å². The van der Waals surface area contributed by atoms with Gasteiger partial charge in [0.05, 0.1) is 44.0 Å². The summed E-state index contributed by atoms with van der Waals surface area (Å²) in [6.45, 7) is 0.977. The van der Waals surface area contributed by atoms with Crippen molar-refractivity contribution in [2.45, 2.75) is 19.0 Å². The molecule has 0 fully saturated rings. The number of hydrogen-bond donors (Lipinski definition) is 1. The number of hydrogen-bond acceptors (Lipinski definition) is 5. The Morgan fingerprint density at radius 3 is 2.80 bits per heavy atom. The van der Waals surface area contributed by atoms with E-state index >= 15 is 0 Å². The molecule has 0 saturated heterocycles. The number of carbonyl (C=O) groups is 1. The molecule has 2 heterocycles. The molecular weight excluding hydrogens is 318 g/mol. The normalized spacial score (nSPS) is 13.8. The second-order valence-electron chi connectivity index (χ2n) is 5.82. The van der Waals surface area contributed by atoms with E-state index in [-0.39, 0.29) is 18.4 Å². The molecule has 1 amide bonds. The third kappa shape index (κ3) is 4.03. The van der Waals surface area contributed by atoms with Gasteiger partial charge >= 0.3 is 0 Å². The first kappa shape index (κ1) is 17.1. The quantitative estimate of drug-likeness (QED) is 0.874. The highest BCUT2D eigenvalue weighted by atomic mass is 16.5. The number of methoxy groups -OCH3 is 2. The number of amides is 1. The van der Waals surface area contributed by atoms with Crippen LogP contribution in [0.3, 0.4) is 0 Å². The monoisotopic (exact) mass is 339 g/mol. The van der Waals surface area contributed by atoms with Gasteiger partial charge in [-0.25, -0.2) is 4.99 Å². The largest absolute Gasteiger partial charge is 0.481 e. The fourth-order valence-corrected chi connectivity index (χ4v) is 2.87. The van der Waals surface area contributed by atoms with Crippen LogP contribution in [0.25, 0.3) is 0 Å². The lowest BCUT2D eigenvalue weighted by atomic mass is 10.1. The number of aromatic nitrogens is 1. The zero-order valence-electron chi connectivity index (χ0n) is 14.4. The smallest absolute Gasteiger partial charge is 0.226 e. The highest BCUT2D eigenvalue weighted by Crippen LogP contribution is 2.19. The molecule has 1 aromatic carbocycles. The number of benzene rings is 1. The van der Waals surface area contributed by atoms with Crippen LogP contribution in [0.4, 0.5) is 0 Å². The maximum atomic E-state index is 12.4. The molecule has 1 aliphatic rings. The lowest BCUT2D eigenvalue weighted by Crippen LogP contribution is -2.32. The van der Waals surface area contributed by atoms with Gasteiger partial charge in [0.15, 0.2) is 0 Å². The highest BCUT2D eigenvalue weighted by Gasteiger charge is 2.19. The van der Waals surface area contributed by atoms with Crippen LogP contribution < -0.4 is 5.32 Å². The van der Waals surface area contributed by atoms with Crippen molar-refractivity contribution >= 4 is 11.8 Å². The lowest BCUT2D eigenvalue weighted by Gasteiger charge is -2.18. The number of nitrogens with zero attached hydrogens (tertiary/aromatic N) is 2. The number of aliphatic imine (C=N–C) groups is 1. The second kappa shape index (κ2) is 7.90. The molecule has 1 aromatic heterocycles. The van der Waals surface area contributed by atoms with Gasteiger partial charge in [0.2, 0.25) is 11.8 Å². The number of rotatable bonds is 6. The minimum atomic E-state index is -0.184. The number of ether oxygens (including phenoxy) is 2. The summed E-state index contributed by atoms with van der Waals surface area (Å²) in [7, 11) is 3.21. The predicted octanol–water partition coefficient (Wildman–Crippen LogP) is 2.03. The molecule has 0 radical (unpaired) electrons. The van der Waals surface area contributed by atoms with Crippen LogP contribution in [0, 0.1) is 0 Å². The molecule has 0 spiro atoms. The minimum absolute atomic E-state index is 0.0933. The van der Waals surface area contributed by atoms with E-state index in [4.69, 9.17) is 9.47 Å². The summed E-state index contributed by atoms with van der Waals surface area (Å²) in [5.41, 5.74) is 3.66. The van der Waals surface area contributed by atoms with Crippen molar-refractivity contribution in [3.8, 4) is 0 Å². The molecule has 1 atom stereocenters. The lowest BCUT2D eigenvalue weighted by molar-refractivity contribution is -0.121. The molecule has 130 valence electrons. The van der Waals surface area contributed by atoms with Gasteiger partial charge in [-0.1, -0.05) is 30.3 Å². The SMILES string of the molecule is COC[C@@H](NC(=O)Cc1cc2c(cn1)C(OC)=NC2)c1ccccc1. The topological polar surface area (TPSA) is 72.8 Å². The maximum Gasteiger partial charge on any atom is 0.226 e. The molecule has 6 heteroatoms. The number of nitrogens with one attached hydrogen (secondary N) is 1. The average molecular weight is 339 g/mol. The van der Waals surface area contributed by atoms with Gasteiger partial charge < -0.3 is 14.8 Å². The van der Waals surface area contributed by atoms with E-state index in [1.165, 1.54) is 0 Å². The van der Waals surface area contributed by atoms with Crippen molar-refractivity contribution in [3.63, 3.8) is 0 Å². The van der Waals surface area contributed by atoms with E-state index in [9.17, 15) is 4.79 Å². The number of carbonyl (C=O) groups excluding carboxylic acids is 1. The summed E-state index contributed by atoms with van der Waals surface area (Å²) in [5, 5.41) is 3.01. The average Bonchev–Trinajstić information content (AvgIpc) is 3.04. The molecule has 2 aromatic rings. The van der Waals surface area contributed by atoms with Crippen LogP contribution in [0.5, 0.6) is 0 Å². The van der Waals surface area contributed by atoms with Crippen LogP contribution in [0.15, 0.2) is 47.6 Å². The van der Waals surface area contributed by atoms with Crippen LogP contribution in [0.2, 0.25) is 0 Å². The molecule has 0 aliphatic carbocycles. The predicted molar refractivity (Wildman–Crippen MR) is 94.4 cm³/mol. The van der Waals surface area contributed by atoms with Gasteiger partial charge in [0.1, 0.15) is 0 Å². The summed E-state index contributed by atoms with van der Waals surface area (Å²) in [6, 6.07) is 11.5. The van der Waals surface area contributed by atoms with Crippen LogP contribution in [0.1, 0.15) is 28.4 Å². The van der Waals surface area contributed by atoms with Crippen molar-refractivity contribution < 1.29 is 14.3 Å². The van der Waals surface area contributed by atoms with Crippen molar-refractivity contribution in [1.29, 1.82) is 0 Å². The van der Waals surface area contributed by atoms with Gasteiger partial charge in [-0.15, -0.1) is 0 Å². The Morgan fingerprint density at radius 2 is 2.08 bits per heavy atom. The number of pyridine rings is 1. The molecule has 25 heavy (non-hydrogen) atoms.